The maximum Gasteiger partial charge on any atom is 0.233 e. The molecule has 30 heavy (non-hydrogen) atoms. The van der Waals surface area contributed by atoms with Crippen LogP contribution in [0.5, 0.6) is 11.5 Å². The lowest BCUT2D eigenvalue weighted by Crippen LogP contribution is -2.32. The second-order valence-corrected chi connectivity index (χ2v) is 7.85. The number of nitrogens with zero attached hydrogens (tertiary/aromatic N) is 1. The number of H-pyrrole nitrogens is 1. The molecule has 2 aliphatic rings. The van der Waals surface area contributed by atoms with Gasteiger partial charge in [-0.1, -0.05) is 12.2 Å². The number of aromatic amines is 1. The molecule has 0 bridgehead atoms. The highest BCUT2D eigenvalue weighted by Gasteiger charge is 2.46. The first kappa shape index (κ1) is 20.5. The molecule has 1 aliphatic carbocycles. The van der Waals surface area contributed by atoms with E-state index in [4.69, 9.17) is 9.47 Å². The van der Waals surface area contributed by atoms with Crippen molar-refractivity contribution in [3.8, 4) is 11.5 Å². The minimum atomic E-state index is -0.123. The lowest BCUT2D eigenvalue weighted by atomic mass is 9.85. The summed E-state index contributed by atoms with van der Waals surface area (Å²) in [5, 5.41) is 4.36. The fraction of sp³-hybridized carbons (Fsp3) is 0.478. The topological polar surface area (TPSA) is 83.7 Å². The molecule has 4 rings (SSSR count). The molecule has 1 aromatic heterocycles. The Hall–Kier alpha value is -2.80. The van der Waals surface area contributed by atoms with Crippen molar-refractivity contribution in [1.29, 1.82) is 0 Å². The van der Waals surface area contributed by atoms with Crippen LogP contribution in [0.25, 0.3) is 10.9 Å². The number of likely N-dealkylation sites (tertiary alicyclic amines) is 1. The van der Waals surface area contributed by atoms with E-state index in [1.165, 1.54) is 4.90 Å². The van der Waals surface area contributed by atoms with E-state index in [1.807, 2.05) is 36.5 Å². The van der Waals surface area contributed by atoms with Crippen LogP contribution in [0.4, 0.5) is 0 Å². The third-order valence-electron chi connectivity index (χ3n) is 5.97. The predicted octanol–water partition coefficient (Wildman–Crippen LogP) is 2.88. The van der Waals surface area contributed by atoms with Crippen molar-refractivity contribution in [2.24, 2.45) is 11.8 Å². The largest absolute Gasteiger partial charge is 0.497 e. The quantitative estimate of drug-likeness (QED) is 0.357. The van der Waals surface area contributed by atoms with E-state index in [0.29, 0.717) is 26.0 Å². The number of amides is 2. The standard InChI is InChI=1S/C23H29N3O4/c1-29-16-8-9-20-19(14-16)21(15-25-20)30-13-11-24-10-4-5-12-26-22(27)17-6-2-3-7-18(17)23(26)28/h2-3,8-9,14-15,17-18,24-25H,4-7,10-13H2,1H3. The number of fused-ring (bicyclic) bond motifs is 2. The van der Waals surface area contributed by atoms with Crippen LogP contribution in [0.15, 0.2) is 36.5 Å². The number of carbonyl (C=O) groups excluding carboxylic acids is 2. The molecule has 7 heteroatoms. The lowest BCUT2D eigenvalue weighted by molar-refractivity contribution is -0.139. The Balaban J connectivity index is 1.12. The number of aromatic nitrogens is 1. The van der Waals surface area contributed by atoms with E-state index in [9.17, 15) is 9.59 Å². The van der Waals surface area contributed by atoms with E-state index >= 15 is 0 Å². The minimum Gasteiger partial charge on any atom is -0.497 e. The maximum atomic E-state index is 12.4. The van der Waals surface area contributed by atoms with Gasteiger partial charge in [0, 0.05) is 30.2 Å². The van der Waals surface area contributed by atoms with Gasteiger partial charge in [0.05, 0.1) is 18.9 Å². The van der Waals surface area contributed by atoms with Gasteiger partial charge in [0.15, 0.2) is 0 Å². The van der Waals surface area contributed by atoms with Crippen LogP contribution < -0.4 is 14.8 Å². The molecular formula is C23H29N3O4. The summed E-state index contributed by atoms with van der Waals surface area (Å²) in [6.07, 6.45) is 9.05. The number of rotatable bonds is 10. The molecule has 2 unspecified atom stereocenters. The van der Waals surface area contributed by atoms with Crippen LogP contribution in [0.3, 0.4) is 0 Å². The number of allylic oxidation sites excluding steroid dienone is 2. The van der Waals surface area contributed by atoms with Gasteiger partial charge < -0.3 is 19.8 Å². The molecule has 160 valence electrons. The van der Waals surface area contributed by atoms with Crippen LogP contribution >= 0.6 is 0 Å². The van der Waals surface area contributed by atoms with Crippen molar-refractivity contribution in [3.05, 3.63) is 36.5 Å². The zero-order valence-electron chi connectivity index (χ0n) is 17.4. The molecule has 1 aromatic carbocycles. The van der Waals surface area contributed by atoms with E-state index in [1.54, 1.807) is 7.11 Å². The Labute approximate surface area is 176 Å². The van der Waals surface area contributed by atoms with Crippen LogP contribution in [-0.4, -0.2) is 55.0 Å². The molecule has 0 saturated carbocycles. The first-order chi connectivity index (χ1) is 14.7. The first-order valence-corrected chi connectivity index (χ1v) is 10.7. The Morgan fingerprint density at radius 1 is 1.10 bits per heavy atom. The highest BCUT2D eigenvalue weighted by atomic mass is 16.5. The lowest BCUT2D eigenvalue weighted by Gasteiger charge is -2.14. The fourth-order valence-electron chi connectivity index (χ4n) is 4.29. The van der Waals surface area contributed by atoms with Gasteiger partial charge in [-0.2, -0.15) is 0 Å². The summed E-state index contributed by atoms with van der Waals surface area (Å²) in [6, 6.07) is 5.85. The predicted molar refractivity (Wildman–Crippen MR) is 115 cm³/mol. The SMILES string of the molecule is COc1ccc2[nH]cc(OCCNCCCCN3C(=O)C4CC=CCC4C3=O)c2c1. The highest BCUT2D eigenvalue weighted by molar-refractivity contribution is 6.05. The molecule has 2 N–H and O–H groups in total. The smallest absolute Gasteiger partial charge is 0.233 e. The Kier molecular flexibility index (Phi) is 6.38. The zero-order chi connectivity index (χ0) is 20.9. The second kappa shape index (κ2) is 9.34. The summed E-state index contributed by atoms with van der Waals surface area (Å²) in [5.74, 6) is 1.41. The average Bonchev–Trinajstić information content (AvgIpc) is 3.29. The third-order valence-corrected chi connectivity index (χ3v) is 5.97. The second-order valence-electron chi connectivity index (χ2n) is 7.85. The summed E-state index contributed by atoms with van der Waals surface area (Å²) in [7, 11) is 1.65. The van der Waals surface area contributed by atoms with Gasteiger partial charge in [0.2, 0.25) is 11.8 Å². The fourth-order valence-corrected chi connectivity index (χ4v) is 4.29. The van der Waals surface area contributed by atoms with Crippen LogP contribution in [-0.2, 0) is 9.59 Å². The number of methoxy groups -OCH3 is 1. The normalized spacial score (nSPS) is 20.8. The van der Waals surface area contributed by atoms with Gasteiger partial charge in [-0.05, 0) is 50.4 Å². The monoisotopic (exact) mass is 411 g/mol. The van der Waals surface area contributed by atoms with Gasteiger partial charge in [0.25, 0.3) is 0 Å². The Bertz CT molecular complexity index is 910. The van der Waals surface area contributed by atoms with Crippen molar-refractivity contribution in [3.63, 3.8) is 0 Å². The molecule has 2 aromatic rings. The number of hydrogen-bond acceptors (Lipinski definition) is 5. The number of imide groups is 1. The van der Waals surface area contributed by atoms with Crippen molar-refractivity contribution < 1.29 is 19.1 Å². The van der Waals surface area contributed by atoms with Crippen LogP contribution in [0, 0.1) is 11.8 Å². The molecule has 0 spiro atoms. The summed E-state index contributed by atoms with van der Waals surface area (Å²) in [5.41, 5.74) is 1.01. The number of carbonyl (C=O) groups is 2. The molecule has 2 amide bonds. The molecule has 2 heterocycles. The van der Waals surface area contributed by atoms with Crippen LogP contribution in [0.2, 0.25) is 0 Å². The molecular weight excluding hydrogens is 382 g/mol. The van der Waals surface area contributed by atoms with E-state index in [0.717, 1.165) is 48.3 Å². The van der Waals surface area contributed by atoms with Crippen molar-refractivity contribution in [1.82, 2.24) is 15.2 Å². The molecule has 7 nitrogen and oxygen atoms in total. The molecule has 2 atom stereocenters. The molecule has 1 saturated heterocycles. The van der Waals surface area contributed by atoms with Gasteiger partial charge in [-0.25, -0.2) is 0 Å². The van der Waals surface area contributed by atoms with Crippen molar-refractivity contribution >= 4 is 22.7 Å². The van der Waals surface area contributed by atoms with Gasteiger partial charge in [-0.15, -0.1) is 0 Å². The molecule has 0 radical (unpaired) electrons. The van der Waals surface area contributed by atoms with Crippen LogP contribution in [0.1, 0.15) is 25.7 Å². The van der Waals surface area contributed by atoms with E-state index in [2.05, 4.69) is 10.3 Å². The van der Waals surface area contributed by atoms with Gasteiger partial charge >= 0.3 is 0 Å². The van der Waals surface area contributed by atoms with Gasteiger partial charge in [-0.3, -0.25) is 14.5 Å². The Morgan fingerprint density at radius 2 is 1.87 bits per heavy atom. The first-order valence-electron chi connectivity index (χ1n) is 10.7. The summed E-state index contributed by atoms with van der Waals surface area (Å²) < 4.78 is 11.2. The molecule has 1 fully saturated rings. The summed E-state index contributed by atoms with van der Waals surface area (Å²) in [4.78, 5) is 29.5. The number of benzene rings is 1. The zero-order valence-corrected chi connectivity index (χ0v) is 17.4. The Morgan fingerprint density at radius 3 is 2.60 bits per heavy atom. The maximum absolute atomic E-state index is 12.4. The van der Waals surface area contributed by atoms with Crippen molar-refractivity contribution in [2.45, 2.75) is 25.7 Å². The average molecular weight is 412 g/mol. The van der Waals surface area contributed by atoms with E-state index < -0.39 is 0 Å². The number of ether oxygens (including phenoxy) is 2. The number of unbranched alkanes of at least 4 members (excludes halogenated alkanes) is 1. The third kappa shape index (κ3) is 4.21. The summed E-state index contributed by atoms with van der Waals surface area (Å²) in [6.45, 7) is 2.65. The highest BCUT2D eigenvalue weighted by Crippen LogP contribution is 2.35. The molecule has 1 aliphatic heterocycles. The minimum absolute atomic E-state index is 0.0195. The van der Waals surface area contributed by atoms with Crippen molar-refractivity contribution in [2.75, 3.05) is 33.4 Å². The van der Waals surface area contributed by atoms with Gasteiger partial charge in [0.1, 0.15) is 18.1 Å². The van der Waals surface area contributed by atoms with E-state index in [-0.39, 0.29) is 23.7 Å². The summed E-state index contributed by atoms with van der Waals surface area (Å²) >= 11 is 0. The number of nitrogens with one attached hydrogen (secondary N) is 2. The number of hydrogen-bond donors (Lipinski definition) is 2.